The van der Waals surface area contributed by atoms with Crippen LogP contribution in [0.4, 0.5) is 0 Å². The van der Waals surface area contributed by atoms with Crippen molar-refractivity contribution < 1.29 is 19.2 Å². The molecule has 0 saturated carbocycles. The van der Waals surface area contributed by atoms with Crippen molar-refractivity contribution in [2.75, 3.05) is 13.0 Å². The smallest absolute Gasteiger partial charge is 0.336 e. The highest BCUT2D eigenvalue weighted by molar-refractivity contribution is 7.43. The lowest BCUT2D eigenvalue weighted by Crippen LogP contribution is -2.02. The Hall–Kier alpha value is -0.830. The van der Waals surface area contributed by atoms with Crippen LogP contribution in [0.25, 0.3) is 0 Å². The molecular formula is C11H14ClO4P. The molecule has 0 bridgehead atoms. The van der Waals surface area contributed by atoms with Crippen molar-refractivity contribution in [2.45, 2.75) is 13.1 Å². The zero-order chi connectivity index (χ0) is 12.8. The molecule has 0 radical (unpaired) electrons. The fourth-order valence-electron chi connectivity index (χ4n) is 1.40. The normalized spacial score (nSPS) is 12.4. The number of carboxylic acids is 1. The van der Waals surface area contributed by atoms with Gasteiger partial charge in [-0.25, -0.2) is 4.79 Å². The number of halogens is 1. The number of hydrogen-bond donors (Lipinski definition) is 1. The quantitative estimate of drug-likeness (QED) is 0.811. The average Bonchev–Trinajstić information content (AvgIpc) is 2.28. The van der Waals surface area contributed by atoms with Crippen molar-refractivity contribution in [3.63, 3.8) is 0 Å². The minimum atomic E-state index is -2.00. The molecule has 94 valence electrons. The Kier molecular flexibility index (Phi) is 5.69. The molecule has 1 unspecified atom stereocenters. The highest BCUT2D eigenvalue weighted by Gasteiger charge is 2.15. The molecule has 1 N–H and O–H groups in total. The van der Waals surface area contributed by atoms with Crippen LogP contribution < -0.4 is 0 Å². The zero-order valence-electron chi connectivity index (χ0n) is 9.40. The van der Waals surface area contributed by atoms with Gasteiger partial charge < -0.3 is 14.4 Å². The first-order valence-electron chi connectivity index (χ1n) is 5.16. The van der Waals surface area contributed by atoms with E-state index < -0.39 is 13.8 Å². The summed E-state index contributed by atoms with van der Waals surface area (Å²) in [5.74, 6) is -1.06. The van der Waals surface area contributed by atoms with Crippen molar-refractivity contribution in [1.29, 1.82) is 0 Å². The molecule has 0 aromatic heterocycles. The van der Waals surface area contributed by atoms with Gasteiger partial charge >= 0.3 is 5.97 Å². The number of ether oxygens (including phenoxy) is 1. The number of aromatic carboxylic acids is 1. The van der Waals surface area contributed by atoms with E-state index in [1.165, 1.54) is 6.07 Å². The minimum absolute atomic E-state index is 0.104. The maximum absolute atomic E-state index is 11.7. The molecule has 0 heterocycles. The van der Waals surface area contributed by atoms with Gasteiger partial charge in [0.15, 0.2) is 0 Å². The van der Waals surface area contributed by atoms with E-state index >= 15 is 0 Å². The van der Waals surface area contributed by atoms with Crippen molar-refractivity contribution >= 4 is 25.4 Å². The third-order valence-corrected chi connectivity index (χ3v) is 3.82. The van der Waals surface area contributed by atoms with E-state index in [4.69, 9.17) is 21.4 Å². The molecule has 0 aliphatic carbocycles. The first kappa shape index (κ1) is 14.2. The van der Waals surface area contributed by atoms with Crippen molar-refractivity contribution in [3.05, 3.63) is 34.3 Å². The van der Waals surface area contributed by atoms with E-state index in [9.17, 15) is 9.36 Å². The summed E-state index contributed by atoms with van der Waals surface area (Å²) in [5.41, 5.74) is 0.526. The summed E-state index contributed by atoms with van der Waals surface area (Å²) < 4.78 is 16.8. The summed E-state index contributed by atoms with van der Waals surface area (Å²) >= 11 is 5.92. The average molecular weight is 277 g/mol. The molecule has 0 fully saturated rings. The molecule has 1 atom stereocenters. The predicted molar refractivity (Wildman–Crippen MR) is 67.6 cm³/mol. The van der Waals surface area contributed by atoms with Gasteiger partial charge in [0.05, 0.1) is 11.9 Å². The highest BCUT2D eigenvalue weighted by atomic mass is 35.5. The Balaban J connectivity index is 2.89. The van der Waals surface area contributed by atoms with Gasteiger partial charge in [0.25, 0.3) is 0 Å². The number of carbonyl (C=O) groups is 1. The zero-order valence-corrected chi connectivity index (χ0v) is 11.2. The standard InChI is InChI=1S/C11H14ClO4P/c1-2-16-7-17(15)6-9-8(11(13)14)4-3-5-10(9)12/h3-5,17H,2,6-7H2,1H3,(H,13,14). The Morgan fingerprint density at radius 3 is 2.82 bits per heavy atom. The molecule has 0 aliphatic heterocycles. The lowest BCUT2D eigenvalue weighted by Gasteiger charge is -2.08. The SMILES string of the molecule is CCOC[PH](=O)Cc1c(Cl)cccc1C(=O)O. The molecule has 1 rings (SSSR count). The molecule has 0 aliphatic rings. The number of hydrogen-bond acceptors (Lipinski definition) is 3. The molecular weight excluding hydrogens is 263 g/mol. The van der Waals surface area contributed by atoms with Crippen LogP contribution in [0.2, 0.25) is 5.02 Å². The summed E-state index contributed by atoms with van der Waals surface area (Å²) in [4.78, 5) is 11.0. The monoisotopic (exact) mass is 276 g/mol. The Morgan fingerprint density at radius 1 is 1.53 bits per heavy atom. The Bertz CT molecular complexity index is 433. The third-order valence-electron chi connectivity index (χ3n) is 2.19. The van der Waals surface area contributed by atoms with Crippen LogP contribution in [0.1, 0.15) is 22.8 Å². The first-order chi connectivity index (χ1) is 8.06. The molecule has 17 heavy (non-hydrogen) atoms. The summed E-state index contributed by atoms with van der Waals surface area (Å²) in [6.45, 7) is 2.30. The van der Waals surface area contributed by atoms with Gasteiger partial charge in [0.1, 0.15) is 7.80 Å². The molecule has 0 spiro atoms. The highest BCUT2D eigenvalue weighted by Crippen LogP contribution is 2.32. The second-order valence-corrected chi connectivity index (χ2v) is 5.55. The van der Waals surface area contributed by atoms with Gasteiger partial charge in [-0.1, -0.05) is 17.7 Å². The van der Waals surface area contributed by atoms with Gasteiger partial charge in [0, 0.05) is 17.8 Å². The van der Waals surface area contributed by atoms with Crippen molar-refractivity contribution in [1.82, 2.24) is 0 Å². The van der Waals surface area contributed by atoms with Crippen LogP contribution in [0.15, 0.2) is 18.2 Å². The predicted octanol–water partition coefficient (Wildman–Crippen LogP) is 3.09. The summed E-state index contributed by atoms with van der Waals surface area (Å²) in [6, 6.07) is 4.62. The van der Waals surface area contributed by atoms with E-state index in [0.29, 0.717) is 17.2 Å². The van der Waals surface area contributed by atoms with Crippen LogP contribution in [-0.4, -0.2) is 24.0 Å². The molecule has 4 nitrogen and oxygen atoms in total. The number of rotatable bonds is 6. The van der Waals surface area contributed by atoms with Crippen molar-refractivity contribution in [2.24, 2.45) is 0 Å². The summed E-state index contributed by atoms with van der Waals surface area (Å²) in [7, 11) is -2.00. The molecule has 0 amide bonds. The largest absolute Gasteiger partial charge is 0.478 e. The first-order valence-corrected chi connectivity index (χ1v) is 7.36. The van der Waals surface area contributed by atoms with Gasteiger partial charge in [-0.2, -0.15) is 0 Å². The van der Waals surface area contributed by atoms with Gasteiger partial charge in [-0.15, -0.1) is 0 Å². The maximum Gasteiger partial charge on any atom is 0.336 e. The van der Waals surface area contributed by atoms with Crippen LogP contribution in [-0.2, 0) is 15.5 Å². The molecule has 6 heteroatoms. The van der Waals surface area contributed by atoms with E-state index in [1.54, 1.807) is 12.1 Å². The number of benzene rings is 1. The Labute approximate surface area is 105 Å². The second-order valence-electron chi connectivity index (χ2n) is 3.42. The third kappa shape index (κ3) is 4.15. The van der Waals surface area contributed by atoms with Gasteiger partial charge in [-0.05, 0) is 24.6 Å². The topological polar surface area (TPSA) is 63.6 Å². The fourth-order valence-corrected chi connectivity index (χ4v) is 3.07. The van der Waals surface area contributed by atoms with E-state index in [-0.39, 0.29) is 18.1 Å². The van der Waals surface area contributed by atoms with Crippen LogP contribution in [0, 0.1) is 0 Å². The van der Waals surface area contributed by atoms with E-state index in [0.717, 1.165) is 0 Å². The van der Waals surface area contributed by atoms with Gasteiger partial charge in [0.2, 0.25) is 0 Å². The van der Waals surface area contributed by atoms with Gasteiger partial charge in [-0.3, -0.25) is 0 Å². The Morgan fingerprint density at radius 2 is 2.24 bits per heavy atom. The fraction of sp³-hybridized carbons (Fsp3) is 0.364. The van der Waals surface area contributed by atoms with Crippen LogP contribution >= 0.6 is 19.4 Å². The van der Waals surface area contributed by atoms with Crippen molar-refractivity contribution in [3.8, 4) is 0 Å². The van der Waals surface area contributed by atoms with Crippen LogP contribution in [0.5, 0.6) is 0 Å². The minimum Gasteiger partial charge on any atom is -0.478 e. The number of carboxylic acid groups (broad SMARTS) is 1. The summed E-state index contributed by atoms with van der Waals surface area (Å²) in [6.07, 6.45) is 0.317. The van der Waals surface area contributed by atoms with E-state index in [1.807, 2.05) is 6.92 Å². The second kappa shape index (κ2) is 6.80. The molecule has 1 aromatic carbocycles. The lowest BCUT2D eigenvalue weighted by atomic mass is 10.1. The lowest BCUT2D eigenvalue weighted by molar-refractivity contribution is 0.0696. The summed E-state index contributed by atoms with van der Waals surface area (Å²) in [5, 5.41) is 9.33. The maximum atomic E-state index is 11.7. The molecule has 1 aromatic rings. The van der Waals surface area contributed by atoms with Crippen LogP contribution in [0.3, 0.4) is 0 Å². The molecule has 0 saturated heterocycles. The van der Waals surface area contributed by atoms with E-state index in [2.05, 4.69) is 0 Å².